The Morgan fingerprint density at radius 3 is 2.81 bits per heavy atom. The number of fused-ring (bicyclic) bond motifs is 1. The van der Waals surface area contributed by atoms with E-state index in [2.05, 4.69) is 5.32 Å². The van der Waals surface area contributed by atoms with Crippen LogP contribution in [-0.2, 0) is 6.54 Å². The maximum atomic E-state index is 10.5. The molecule has 116 valence electrons. The Hall–Kier alpha value is -1.46. The molecule has 0 saturated heterocycles. The number of nitrogens with one attached hydrogen (secondary N) is 1. The molecule has 1 heterocycles. The van der Waals surface area contributed by atoms with E-state index in [-0.39, 0.29) is 6.79 Å². The smallest absolute Gasteiger partial charge is 0.231 e. The summed E-state index contributed by atoms with van der Waals surface area (Å²) < 4.78 is 16.1. The van der Waals surface area contributed by atoms with E-state index in [1.54, 1.807) is 7.11 Å². The van der Waals surface area contributed by atoms with Gasteiger partial charge in [-0.2, -0.15) is 0 Å². The van der Waals surface area contributed by atoms with Crippen molar-refractivity contribution in [3.63, 3.8) is 0 Å². The molecule has 1 aromatic rings. The van der Waals surface area contributed by atoms with Gasteiger partial charge < -0.3 is 24.6 Å². The largest absolute Gasteiger partial charge is 0.493 e. The van der Waals surface area contributed by atoms with Crippen LogP contribution in [0.3, 0.4) is 0 Å². The summed E-state index contributed by atoms with van der Waals surface area (Å²) in [4.78, 5) is 0. The molecule has 3 rings (SSSR count). The highest BCUT2D eigenvalue weighted by atomic mass is 16.7. The van der Waals surface area contributed by atoms with Crippen LogP contribution >= 0.6 is 0 Å². The first-order valence-corrected chi connectivity index (χ1v) is 7.60. The minimum Gasteiger partial charge on any atom is -0.493 e. The van der Waals surface area contributed by atoms with Crippen LogP contribution in [0, 0.1) is 0 Å². The topological polar surface area (TPSA) is 60.0 Å². The van der Waals surface area contributed by atoms with Gasteiger partial charge in [0.2, 0.25) is 12.5 Å². The Balaban J connectivity index is 1.60. The predicted molar refractivity (Wildman–Crippen MR) is 78.9 cm³/mol. The molecule has 0 bridgehead atoms. The molecule has 1 saturated carbocycles. The van der Waals surface area contributed by atoms with Crippen LogP contribution in [0.25, 0.3) is 0 Å². The number of methoxy groups -OCH3 is 1. The molecule has 0 atom stereocenters. The van der Waals surface area contributed by atoms with Gasteiger partial charge in [-0.1, -0.05) is 19.3 Å². The van der Waals surface area contributed by atoms with E-state index in [1.165, 1.54) is 6.42 Å². The quantitative estimate of drug-likeness (QED) is 0.871. The highest BCUT2D eigenvalue weighted by Gasteiger charge is 2.28. The van der Waals surface area contributed by atoms with Gasteiger partial charge >= 0.3 is 0 Å². The van der Waals surface area contributed by atoms with Crippen LogP contribution in [0.4, 0.5) is 0 Å². The number of aliphatic hydroxyl groups is 1. The molecule has 5 heteroatoms. The van der Waals surface area contributed by atoms with Crippen LogP contribution in [0.5, 0.6) is 17.2 Å². The fourth-order valence-electron chi connectivity index (χ4n) is 3.11. The van der Waals surface area contributed by atoms with Crippen molar-refractivity contribution in [1.82, 2.24) is 5.32 Å². The fourth-order valence-corrected chi connectivity index (χ4v) is 3.11. The minimum absolute atomic E-state index is 0.238. The maximum Gasteiger partial charge on any atom is 0.231 e. The average molecular weight is 293 g/mol. The number of benzene rings is 1. The molecular weight excluding hydrogens is 270 g/mol. The van der Waals surface area contributed by atoms with Crippen molar-refractivity contribution in [2.75, 3.05) is 20.4 Å². The zero-order chi connectivity index (χ0) is 14.7. The number of rotatable bonds is 5. The normalized spacial score (nSPS) is 19.5. The van der Waals surface area contributed by atoms with E-state index in [9.17, 15) is 5.11 Å². The van der Waals surface area contributed by atoms with E-state index in [4.69, 9.17) is 14.2 Å². The van der Waals surface area contributed by atoms with Gasteiger partial charge in [0, 0.05) is 13.1 Å². The molecule has 0 spiro atoms. The third kappa shape index (κ3) is 3.24. The Kier molecular flexibility index (Phi) is 4.22. The molecule has 5 nitrogen and oxygen atoms in total. The van der Waals surface area contributed by atoms with Crippen LogP contribution in [0.15, 0.2) is 12.1 Å². The van der Waals surface area contributed by atoms with Crippen molar-refractivity contribution in [2.24, 2.45) is 0 Å². The van der Waals surface area contributed by atoms with Gasteiger partial charge in [-0.05, 0) is 30.5 Å². The van der Waals surface area contributed by atoms with Crippen LogP contribution in [-0.4, -0.2) is 31.2 Å². The SMILES string of the molecule is COc1cc(CNCC2(O)CCCCC2)cc2c1OCO2. The molecule has 0 radical (unpaired) electrons. The fraction of sp³-hybridized carbons (Fsp3) is 0.625. The lowest BCUT2D eigenvalue weighted by Crippen LogP contribution is -2.41. The van der Waals surface area contributed by atoms with Gasteiger partial charge in [0.05, 0.1) is 12.7 Å². The average Bonchev–Trinajstić information content (AvgIpc) is 2.95. The van der Waals surface area contributed by atoms with Crippen LogP contribution < -0.4 is 19.5 Å². The lowest BCUT2D eigenvalue weighted by molar-refractivity contribution is 0.00467. The summed E-state index contributed by atoms with van der Waals surface area (Å²) in [6, 6.07) is 3.91. The summed E-state index contributed by atoms with van der Waals surface area (Å²) in [5, 5.41) is 13.8. The molecule has 2 N–H and O–H groups in total. The van der Waals surface area contributed by atoms with Crippen molar-refractivity contribution in [1.29, 1.82) is 0 Å². The van der Waals surface area contributed by atoms with E-state index < -0.39 is 5.60 Å². The zero-order valence-corrected chi connectivity index (χ0v) is 12.5. The van der Waals surface area contributed by atoms with Gasteiger partial charge in [0.1, 0.15) is 0 Å². The van der Waals surface area contributed by atoms with Crippen LogP contribution in [0.2, 0.25) is 0 Å². The zero-order valence-electron chi connectivity index (χ0n) is 12.5. The third-order valence-electron chi connectivity index (χ3n) is 4.29. The molecular formula is C16H23NO4. The second kappa shape index (κ2) is 6.12. The molecule has 1 fully saturated rings. The van der Waals surface area contributed by atoms with Crippen LogP contribution in [0.1, 0.15) is 37.7 Å². The lowest BCUT2D eigenvalue weighted by Gasteiger charge is -2.32. The molecule has 2 aliphatic rings. The summed E-state index contributed by atoms with van der Waals surface area (Å²) in [6.07, 6.45) is 5.27. The number of hydrogen-bond donors (Lipinski definition) is 2. The van der Waals surface area contributed by atoms with Crippen molar-refractivity contribution in [3.05, 3.63) is 17.7 Å². The van der Waals surface area contributed by atoms with E-state index >= 15 is 0 Å². The summed E-state index contributed by atoms with van der Waals surface area (Å²) in [6.45, 7) is 1.54. The molecule has 0 aromatic heterocycles. The summed E-state index contributed by atoms with van der Waals surface area (Å²) in [5.74, 6) is 2.09. The lowest BCUT2D eigenvalue weighted by atomic mass is 9.85. The van der Waals surface area contributed by atoms with Gasteiger partial charge in [0.25, 0.3) is 0 Å². The Morgan fingerprint density at radius 2 is 2.05 bits per heavy atom. The highest BCUT2D eigenvalue weighted by molar-refractivity contribution is 5.55. The van der Waals surface area contributed by atoms with E-state index in [1.807, 2.05) is 12.1 Å². The number of ether oxygens (including phenoxy) is 3. The Labute approximate surface area is 125 Å². The maximum absolute atomic E-state index is 10.5. The minimum atomic E-state index is -0.543. The van der Waals surface area contributed by atoms with Gasteiger partial charge in [0.15, 0.2) is 11.5 Å². The van der Waals surface area contributed by atoms with Crippen molar-refractivity contribution >= 4 is 0 Å². The molecule has 1 aromatic carbocycles. The van der Waals surface area contributed by atoms with Gasteiger partial charge in [-0.3, -0.25) is 0 Å². The first kappa shape index (κ1) is 14.5. The first-order valence-electron chi connectivity index (χ1n) is 7.60. The van der Waals surface area contributed by atoms with Gasteiger partial charge in [-0.25, -0.2) is 0 Å². The van der Waals surface area contributed by atoms with E-state index in [0.29, 0.717) is 24.6 Å². The molecule has 1 aliphatic carbocycles. The summed E-state index contributed by atoms with van der Waals surface area (Å²) in [7, 11) is 1.62. The van der Waals surface area contributed by atoms with Crippen molar-refractivity contribution < 1.29 is 19.3 Å². The molecule has 0 unspecified atom stereocenters. The van der Waals surface area contributed by atoms with Crippen molar-refractivity contribution in [2.45, 2.75) is 44.2 Å². The Bertz CT molecular complexity index is 497. The predicted octanol–water partition coefficient (Wildman–Crippen LogP) is 2.21. The first-order chi connectivity index (χ1) is 10.2. The third-order valence-corrected chi connectivity index (χ3v) is 4.29. The second-order valence-electron chi connectivity index (χ2n) is 5.92. The number of hydrogen-bond acceptors (Lipinski definition) is 5. The molecule has 0 amide bonds. The molecule has 1 aliphatic heterocycles. The monoisotopic (exact) mass is 293 g/mol. The second-order valence-corrected chi connectivity index (χ2v) is 5.92. The van der Waals surface area contributed by atoms with Crippen molar-refractivity contribution in [3.8, 4) is 17.2 Å². The standard InChI is InChI=1S/C16H23NO4/c1-19-13-7-12(8-14-15(13)21-11-20-14)9-17-10-16(18)5-3-2-4-6-16/h7-8,17-18H,2-6,9-11H2,1H3. The summed E-state index contributed by atoms with van der Waals surface area (Å²) in [5.41, 5.74) is 0.522. The molecule has 21 heavy (non-hydrogen) atoms. The van der Waals surface area contributed by atoms with E-state index in [0.717, 1.165) is 37.0 Å². The summed E-state index contributed by atoms with van der Waals surface area (Å²) >= 11 is 0. The van der Waals surface area contributed by atoms with Gasteiger partial charge in [-0.15, -0.1) is 0 Å². The Morgan fingerprint density at radius 1 is 1.24 bits per heavy atom. The highest BCUT2D eigenvalue weighted by Crippen LogP contribution is 2.41.